The van der Waals surface area contributed by atoms with Crippen LogP contribution in [0.25, 0.3) is 0 Å². The summed E-state index contributed by atoms with van der Waals surface area (Å²) in [5.41, 5.74) is 14.8. The van der Waals surface area contributed by atoms with E-state index in [4.69, 9.17) is 22.6 Å². The molecule has 0 radical (unpaired) electrons. The summed E-state index contributed by atoms with van der Waals surface area (Å²) >= 11 is 7.87. The van der Waals surface area contributed by atoms with Crippen LogP contribution in [0.1, 0.15) is 59.3 Å². The predicted octanol–water partition coefficient (Wildman–Crippen LogP) is -4.46. The topological polar surface area (TPSA) is 343 Å². The highest BCUT2D eigenvalue weighted by Crippen LogP contribution is 2.09. The van der Waals surface area contributed by atoms with Gasteiger partial charge in [-0.3, -0.25) is 44.3 Å². The van der Waals surface area contributed by atoms with Gasteiger partial charge in [-0.2, -0.15) is 25.3 Å². The minimum atomic E-state index is -1.79. The number of nitrogens with two attached hydrogens (primary N) is 3. The molecule has 15 N–H and O–H groups in total. The number of carbonyl (C=O) groups excluding carboxylic acids is 7. The first-order chi connectivity index (χ1) is 23.3. The Morgan fingerprint density at radius 2 is 1.32 bits per heavy atom. The Morgan fingerprint density at radius 1 is 0.780 bits per heavy atom. The lowest BCUT2D eigenvalue weighted by atomic mass is 10.0. The van der Waals surface area contributed by atoms with Gasteiger partial charge in [0.15, 0.2) is 5.96 Å². The third-order valence-corrected chi connectivity index (χ3v) is 7.60. The van der Waals surface area contributed by atoms with E-state index in [1.165, 1.54) is 20.8 Å². The van der Waals surface area contributed by atoms with Gasteiger partial charge in [0.05, 0.1) is 12.5 Å². The van der Waals surface area contributed by atoms with E-state index < -0.39 is 89.5 Å². The molecule has 0 aliphatic heterocycles. The van der Waals surface area contributed by atoms with Gasteiger partial charge in [-0.1, -0.05) is 0 Å². The Hall–Kier alpha value is -4.15. The minimum absolute atomic E-state index is 0.00291. The molecule has 5 atom stereocenters. The summed E-state index contributed by atoms with van der Waals surface area (Å²) in [5.74, 6) is -7.71. The van der Waals surface area contributed by atoms with Crippen LogP contribution >= 0.6 is 25.3 Å². The molecule has 0 fully saturated rings. The first kappa shape index (κ1) is 45.9. The van der Waals surface area contributed by atoms with Gasteiger partial charge in [-0.25, -0.2) is 4.79 Å². The average Bonchev–Trinajstić information content (AvgIpc) is 3.02. The molecule has 284 valence electrons. The normalized spacial score (nSPS) is 14.0. The van der Waals surface area contributed by atoms with Crippen LogP contribution in [0.15, 0.2) is 0 Å². The SMILES string of the molecule is CC(=O)NC(=N)NCCC[C@H](NC(=O)[C@H](CCCCN)NC(=O)[C@@H](N)CS)C(=O)NC(C)(C)C(=O)N[C@@H](CC(N)=O)C(=O)N[C@@H](CS)C(=O)O. The maximum absolute atomic E-state index is 13.6. The molecule has 0 saturated carbocycles. The highest BCUT2D eigenvalue weighted by atomic mass is 32.1. The number of primary amides is 1. The lowest BCUT2D eigenvalue weighted by Crippen LogP contribution is -2.63. The van der Waals surface area contributed by atoms with Crippen LogP contribution in [0.2, 0.25) is 0 Å². The Kier molecular flexibility index (Phi) is 21.4. The average molecular weight is 750 g/mol. The van der Waals surface area contributed by atoms with Crippen LogP contribution in [0.3, 0.4) is 0 Å². The van der Waals surface area contributed by atoms with Crippen molar-refractivity contribution in [3.63, 3.8) is 0 Å². The van der Waals surface area contributed by atoms with E-state index in [0.29, 0.717) is 19.4 Å². The zero-order valence-electron chi connectivity index (χ0n) is 28.3. The number of carboxylic acid groups (broad SMARTS) is 1. The van der Waals surface area contributed by atoms with E-state index in [1.54, 1.807) is 0 Å². The van der Waals surface area contributed by atoms with Crippen molar-refractivity contribution < 1.29 is 43.5 Å². The second kappa shape index (κ2) is 23.3. The summed E-state index contributed by atoms with van der Waals surface area (Å²) in [6, 6.07) is -6.49. The fourth-order valence-corrected chi connectivity index (χ4v) is 4.48. The molecular formula is C28H51N11O9S2. The largest absolute Gasteiger partial charge is 0.480 e. The van der Waals surface area contributed by atoms with Crippen molar-refractivity contribution in [2.45, 2.75) is 95.0 Å². The van der Waals surface area contributed by atoms with Crippen LogP contribution < -0.4 is 54.4 Å². The van der Waals surface area contributed by atoms with Crippen LogP contribution in [0, 0.1) is 5.41 Å². The van der Waals surface area contributed by atoms with E-state index in [1.807, 2.05) is 0 Å². The van der Waals surface area contributed by atoms with Crippen LogP contribution in [0.4, 0.5) is 0 Å². The molecule has 0 heterocycles. The highest BCUT2D eigenvalue weighted by molar-refractivity contribution is 7.80. The first-order valence-corrected chi connectivity index (χ1v) is 16.9. The van der Waals surface area contributed by atoms with E-state index >= 15 is 0 Å². The lowest BCUT2D eigenvalue weighted by molar-refractivity contribution is -0.142. The summed E-state index contributed by atoms with van der Waals surface area (Å²) in [7, 11) is 0. The van der Waals surface area contributed by atoms with Crippen molar-refractivity contribution in [2.75, 3.05) is 24.6 Å². The molecule has 7 amide bonds. The number of nitrogens with one attached hydrogen (secondary N) is 8. The highest BCUT2D eigenvalue weighted by Gasteiger charge is 2.37. The summed E-state index contributed by atoms with van der Waals surface area (Å²) in [4.78, 5) is 99.8. The van der Waals surface area contributed by atoms with Crippen molar-refractivity contribution in [2.24, 2.45) is 17.2 Å². The van der Waals surface area contributed by atoms with Gasteiger partial charge >= 0.3 is 5.97 Å². The molecule has 0 bridgehead atoms. The van der Waals surface area contributed by atoms with Crippen molar-refractivity contribution >= 4 is 78.5 Å². The number of hydrogen-bond acceptors (Lipinski definition) is 13. The maximum Gasteiger partial charge on any atom is 0.327 e. The molecular weight excluding hydrogens is 699 g/mol. The van der Waals surface area contributed by atoms with Gasteiger partial charge in [-0.05, 0) is 52.5 Å². The van der Waals surface area contributed by atoms with E-state index in [0.717, 1.165) is 0 Å². The number of unbranched alkanes of at least 4 members (excludes halogenated alkanes) is 1. The Bertz CT molecular complexity index is 1240. The van der Waals surface area contributed by atoms with Crippen LogP contribution in [-0.4, -0.2) is 119 Å². The second-order valence-corrected chi connectivity index (χ2v) is 12.4. The number of aliphatic carboxylic acids is 1. The summed E-state index contributed by atoms with van der Waals surface area (Å²) in [6.07, 6.45) is 0.558. The Morgan fingerprint density at radius 3 is 1.84 bits per heavy atom. The molecule has 0 unspecified atom stereocenters. The Labute approximate surface area is 301 Å². The van der Waals surface area contributed by atoms with Gasteiger partial charge < -0.3 is 54.2 Å². The van der Waals surface area contributed by atoms with Crippen molar-refractivity contribution in [3.05, 3.63) is 0 Å². The number of thiol groups is 2. The third kappa shape index (κ3) is 18.0. The number of guanidine groups is 1. The summed E-state index contributed by atoms with van der Waals surface area (Å²) in [5, 5.41) is 33.9. The molecule has 0 rings (SSSR count). The molecule has 0 aromatic heterocycles. The fourth-order valence-electron chi connectivity index (χ4n) is 4.06. The quantitative estimate of drug-likeness (QED) is 0.0204. The van der Waals surface area contributed by atoms with Gasteiger partial charge in [0.25, 0.3) is 0 Å². The van der Waals surface area contributed by atoms with Gasteiger partial charge in [0, 0.05) is 25.0 Å². The zero-order chi connectivity index (χ0) is 38.6. The molecule has 0 aliphatic rings. The van der Waals surface area contributed by atoms with E-state index in [9.17, 15) is 43.5 Å². The molecule has 0 aliphatic carbocycles. The van der Waals surface area contributed by atoms with Gasteiger partial charge in [0.1, 0.15) is 29.7 Å². The number of amides is 7. The first-order valence-electron chi connectivity index (χ1n) is 15.6. The second-order valence-electron chi connectivity index (χ2n) is 11.7. The van der Waals surface area contributed by atoms with Gasteiger partial charge in [-0.15, -0.1) is 0 Å². The molecule has 0 aromatic rings. The van der Waals surface area contributed by atoms with Crippen molar-refractivity contribution in [3.8, 4) is 0 Å². The van der Waals surface area contributed by atoms with Crippen molar-refractivity contribution in [1.82, 2.24) is 37.2 Å². The Balaban J connectivity index is 6.11. The van der Waals surface area contributed by atoms with Crippen LogP contribution in [-0.2, 0) is 38.4 Å². The smallest absolute Gasteiger partial charge is 0.327 e. The number of rotatable bonds is 23. The fraction of sp³-hybridized carbons (Fsp3) is 0.679. The predicted molar refractivity (Wildman–Crippen MR) is 189 cm³/mol. The van der Waals surface area contributed by atoms with Crippen LogP contribution in [0.5, 0.6) is 0 Å². The monoisotopic (exact) mass is 749 g/mol. The molecule has 20 nitrogen and oxygen atoms in total. The molecule has 50 heavy (non-hydrogen) atoms. The molecule has 0 saturated heterocycles. The molecule has 22 heteroatoms. The van der Waals surface area contributed by atoms with Crippen molar-refractivity contribution in [1.29, 1.82) is 5.41 Å². The minimum Gasteiger partial charge on any atom is -0.480 e. The molecule has 0 aromatic carbocycles. The standard InChI is InChI=1S/C28H51N11O9S2/c1-14(40)34-27(32)33-10-6-8-17(36-22(43)16(7-4-5-9-29)35-21(42)15(30)12-49)24(45)39-28(2,3)26(48)38-18(11-20(31)41)23(44)37-19(13-50)25(46)47/h15-19,49-50H,4-13,29-30H2,1-3H3,(H2,31,41)(H,35,42)(H,36,43)(H,37,44)(H,38,48)(H,39,45)(H,46,47)(H3,32,33,34,40)/t15-,16-,17-,18-,19-/m0/s1. The van der Waals surface area contributed by atoms with E-state index in [-0.39, 0.29) is 43.3 Å². The lowest BCUT2D eigenvalue weighted by Gasteiger charge is -2.30. The number of carbonyl (C=O) groups is 8. The third-order valence-electron chi connectivity index (χ3n) is 6.85. The number of hydrogen-bond donors (Lipinski definition) is 14. The maximum atomic E-state index is 13.6. The summed E-state index contributed by atoms with van der Waals surface area (Å²) < 4.78 is 0. The molecule has 0 spiro atoms. The van der Waals surface area contributed by atoms with E-state index in [2.05, 4.69) is 62.5 Å². The summed E-state index contributed by atoms with van der Waals surface area (Å²) in [6.45, 7) is 4.18. The number of carboxylic acids is 1. The van der Waals surface area contributed by atoms with Gasteiger partial charge in [0.2, 0.25) is 41.4 Å². The zero-order valence-corrected chi connectivity index (χ0v) is 30.1.